The second-order valence-corrected chi connectivity index (χ2v) is 8.43. The van der Waals surface area contributed by atoms with Crippen molar-refractivity contribution in [1.29, 1.82) is 0 Å². The molecule has 1 N–H and O–H groups in total. The molecule has 0 aromatic heterocycles. The van der Waals surface area contributed by atoms with Gasteiger partial charge in [-0.15, -0.1) is 0 Å². The smallest absolute Gasteiger partial charge is 0.337 e. The lowest BCUT2D eigenvalue weighted by Gasteiger charge is -2.33. The first-order valence-electron chi connectivity index (χ1n) is 8.25. The largest absolute Gasteiger partial charge is 0.478 e. The van der Waals surface area contributed by atoms with E-state index < -0.39 is 16.0 Å². The van der Waals surface area contributed by atoms with Gasteiger partial charge in [0.15, 0.2) is 0 Å². The lowest BCUT2D eigenvalue weighted by atomic mass is 9.96. The topological polar surface area (TPSA) is 95.0 Å². The number of amides is 1. The predicted molar refractivity (Wildman–Crippen MR) is 92.8 cm³/mol. The van der Waals surface area contributed by atoms with E-state index in [-0.39, 0.29) is 41.4 Å². The van der Waals surface area contributed by atoms with Crippen molar-refractivity contribution in [3.63, 3.8) is 0 Å². The zero-order valence-electron chi connectivity index (χ0n) is 14.7. The van der Waals surface area contributed by atoms with E-state index in [2.05, 4.69) is 0 Å². The summed E-state index contributed by atoms with van der Waals surface area (Å²) >= 11 is 0. The number of carbonyl (C=O) groups is 2. The zero-order valence-corrected chi connectivity index (χ0v) is 15.5. The van der Waals surface area contributed by atoms with Crippen LogP contribution < -0.4 is 0 Å². The Hall–Kier alpha value is -1.93. The SMILES string of the molecule is CC(C)N(C)C(=O)C1CCN(S(=O)(=O)c2ccccc2C(=O)O)CC1. The van der Waals surface area contributed by atoms with E-state index in [4.69, 9.17) is 0 Å². The number of carboxylic acid groups (broad SMARTS) is 1. The molecule has 1 aromatic carbocycles. The predicted octanol–water partition coefficient (Wildman–Crippen LogP) is 1.65. The van der Waals surface area contributed by atoms with Crippen LogP contribution >= 0.6 is 0 Å². The molecule has 1 amide bonds. The van der Waals surface area contributed by atoms with Crippen molar-refractivity contribution in [1.82, 2.24) is 9.21 Å². The molecule has 1 saturated heterocycles. The number of benzene rings is 1. The van der Waals surface area contributed by atoms with E-state index >= 15 is 0 Å². The minimum absolute atomic E-state index is 0.0259. The van der Waals surface area contributed by atoms with Crippen LogP contribution in [0.25, 0.3) is 0 Å². The molecule has 0 bridgehead atoms. The number of hydrogen-bond acceptors (Lipinski definition) is 4. The van der Waals surface area contributed by atoms with E-state index in [0.717, 1.165) is 0 Å². The van der Waals surface area contributed by atoms with Gasteiger partial charge in [0.25, 0.3) is 0 Å². The minimum Gasteiger partial charge on any atom is -0.478 e. The summed E-state index contributed by atoms with van der Waals surface area (Å²) in [6.45, 7) is 4.28. The quantitative estimate of drug-likeness (QED) is 0.853. The molecule has 1 heterocycles. The summed E-state index contributed by atoms with van der Waals surface area (Å²) in [4.78, 5) is 25.2. The number of carbonyl (C=O) groups excluding carboxylic acids is 1. The van der Waals surface area contributed by atoms with Crippen LogP contribution in [0.15, 0.2) is 29.2 Å². The maximum Gasteiger partial charge on any atom is 0.337 e. The molecule has 0 atom stereocenters. The highest BCUT2D eigenvalue weighted by Gasteiger charge is 2.35. The Morgan fingerprint density at radius 1 is 1.20 bits per heavy atom. The number of nitrogens with zero attached hydrogens (tertiary/aromatic N) is 2. The number of aromatic carboxylic acids is 1. The molecule has 25 heavy (non-hydrogen) atoms. The molecule has 1 aliphatic rings. The Bertz CT molecular complexity index is 752. The number of rotatable bonds is 5. The molecule has 1 aromatic rings. The minimum atomic E-state index is -3.90. The van der Waals surface area contributed by atoms with Crippen LogP contribution in [-0.4, -0.2) is 60.8 Å². The van der Waals surface area contributed by atoms with Crippen molar-refractivity contribution in [3.8, 4) is 0 Å². The van der Waals surface area contributed by atoms with Gasteiger partial charge in [0.1, 0.15) is 0 Å². The van der Waals surface area contributed by atoms with Crippen LogP contribution in [-0.2, 0) is 14.8 Å². The molecule has 7 nitrogen and oxygen atoms in total. The first-order chi connectivity index (χ1) is 11.7. The average molecular weight is 368 g/mol. The molecular weight excluding hydrogens is 344 g/mol. The van der Waals surface area contributed by atoms with Crippen molar-refractivity contribution in [2.24, 2.45) is 5.92 Å². The zero-order chi connectivity index (χ0) is 18.8. The molecule has 0 aliphatic carbocycles. The Morgan fingerprint density at radius 3 is 2.28 bits per heavy atom. The highest BCUT2D eigenvalue weighted by atomic mass is 32.2. The molecular formula is C17H24N2O5S. The number of piperidine rings is 1. The molecule has 0 radical (unpaired) electrons. The van der Waals surface area contributed by atoms with Crippen molar-refractivity contribution in [3.05, 3.63) is 29.8 Å². The van der Waals surface area contributed by atoms with E-state index in [1.807, 2.05) is 13.8 Å². The summed E-state index contributed by atoms with van der Waals surface area (Å²) in [5.74, 6) is -1.45. The highest BCUT2D eigenvalue weighted by molar-refractivity contribution is 7.89. The Labute approximate surface area is 148 Å². The molecule has 0 saturated carbocycles. The third-order valence-electron chi connectivity index (χ3n) is 4.66. The van der Waals surface area contributed by atoms with Crippen molar-refractivity contribution < 1.29 is 23.1 Å². The van der Waals surface area contributed by atoms with Gasteiger partial charge in [-0.05, 0) is 38.8 Å². The molecule has 1 aliphatic heterocycles. The lowest BCUT2D eigenvalue weighted by molar-refractivity contribution is -0.136. The van der Waals surface area contributed by atoms with Gasteiger partial charge in [-0.3, -0.25) is 4.79 Å². The fraction of sp³-hybridized carbons (Fsp3) is 0.529. The standard InChI is InChI=1S/C17H24N2O5S/c1-12(2)18(3)16(20)13-8-10-19(11-9-13)25(23,24)15-7-5-4-6-14(15)17(21)22/h4-7,12-13H,8-11H2,1-3H3,(H,21,22). The normalized spacial score (nSPS) is 16.8. The van der Waals surface area contributed by atoms with Gasteiger partial charge >= 0.3 is 5.97 Å². The molecule has 0 spiro atoms. The van der Waals surface area contributed by atoms with E-state index in [1.165, 1.54) is 28.6 Å². The summed E-state index contributed by atoms with van der Waals surface area (Å²) in [5.41, 5.74) is -0.236. The summed E-state index contributed by atoms with van der Waals surface area (Å²) < 4.78 is 26.9. The van der Waals surface area contributed by atoms with Crippen LogP contribution in [0.4, 0.5) is 0 Å². The van der Waals surface area contributed by atoms with Crippen LogP contribution in [0.1, 0.15) is 37.0 Å². The lowest BCUT2D eigenvalue weighted by Crippen LogP contribution is -2.45. The molecule has 0 unspecified atom stereocenters. The monoisotopic (exact) mass is 368 g/mol. The summed E-state index contributed by atoms with van der Waals surface area (Å²) in [7, 11) is -2.15. The first kappa shape index (κ1) is 19.4. The third-order valence-corrected chi connectivity index (χ3v) is 6.62. The van der Waals surface area contributed by atoms with Gasteiger partial charge in [-0.25, -0.2) is 13.2 Å². The van der Waals surface area contributed by atoms with Crippen LogP contribution in [0.5, 0.6) is 0 Å². The number of carboxylic acids is 1. The Kier molecular flexibility index (Phi) is 5.84. The maximum atomic E-state index is 12.8. The second kappa shape index (κ2) is 7.53. The summed E-state index contributed by atoms with van der Waals surface area (Å²) in [6, 6.07) is 5.69. The first-order valence-corrected chi connectivity index (χ1v) is 9.69. The van der Waals surface area contributed by atoms with Crippen molar-refractivity contribution >= 4 is 21.9 Å². The van der Waals surface area contributed by atoms with Crippen molar-refractivity contribution in [2.75, 3.05) is 20.1 Å². The fourth-order valence-corrected chi connectivity index (χ4v) is 4.55. The Balaban J connectivity index is 2.15. The van der Waals surface area contributed by atoms with Gasteiger partial charge in [-0.1, -0.05) is 12.1 Å². The van der Waals surface area contributed by atoms with Crippen LogP contribution in [0.2, 0.25) is 0 Å². The van der Waals surface area contributed by atoms with Crippen molar-refractivity contribution in [2.45, 2.75) is 37.6 Å². The molecule has 2 rings (SSSR count). The van der Waals surface area contributed by atoms with Gasteiger partial charge in [0, 0.05) is 32.1 Å². The molecule has 8 heteroatoms. The van der Waals surface area contributed by atoms with Gasteiger partial charge in [0.05, 0.1) is 10.5 Å². The van der Waals surface area contributed by atoms with Crippen LogP contribution in [0.3, 0.4) is 0 Å². The summed E-state index contributed by atoms with van der Waals surface area (Å²) in [5, 5.41) is 9.22. The van der Waals surface area contributed by atoms with Gasteiger partial charge < -0.3 is 10.0 Å². The third kappa shape index (κ3) is 4.01. The molecule has 1 fully saturated rings. The van der Waals surface area contributed by atoms with E-state index in [9.17, 15) is 23.1 Å². The summed E-state index contributed by atoms with van der Waals surface area (Å²) in [6.07, 6.45) is 0.870. The number of hydrogen-bond donors (Lipinski definition) is 1. The van der Waals surface area contributed by atoms with Gasteiger partial charge in [0.2, 0.25) is 15.9 Å². The fourth-order valence-electron chi connectivity index (χ4n) is 2.89. The molecule has 138 valence electrons. The second-order valence-electron chi connectivity index (χ2n) is 6.52. The van der Waals surface area contributed by atoms with Gasteiger partial charge in [-0.2, -0.15) is 4.31 Å². The highest BCUT2D eigenvalue weighted by Crippen LogP contribution is 2.27. The number of sulfonamides is 1. The Morgan fingerprint density at radius 2 is 1.76 bits per heavy atom. The van der Waals surface area contributed by atoms with E-state index in [0.29, 0.717) is 12.8 Å². The maximum absolute atomic E-state index is 12.8. The average Bonchev–Trinajstić information content (AvgIpc) is 2.60. The van der Waals surface area contributed by atoms with Crippen LogP contribution in [0, 0.1) is 5.92 Å². The van der Waals surface area contributed by atoms with E-state index in [1.54, 1.807) is 11.9 Å².